The fourth-order valence-corrected chi connectivity index (χ4v) is 2.62. The van der Waals surface area contributed by atoms with Crippen molar-refractivity contribution in [3.05, 3.63) is 47.4 Å². The van der Waals surface area contributed by atoms with Crippen LogP contribution in [-0.4, -0.2) is 22.9 Å². The highest BCUT2D eigenvalue weighted by Gasteiger charge is 2.19. The number of nitrogens with one attached hydrogen (secondary N) is 1. The molecule has 1 aliphatic rings. The molecular weight excluding hydrogens is 250 g/mol. The van der Waals surface area contributed by atoms with Gasteiger partial charge in [-0.3, -0.25) is 5.41 Å². The second kappa shape index (κ2) is 4.92. The van der Waals surface area contributed by atoms with Crippen LogP contribution in [0.1, 0.15) is 23.2 Å². The maximum Gasteiger partial charge on any atom is 0.139 e. The molecule has 0 radical (unpaired) electrons. The van der Waals surface area contributed by atoms with Crippen molar-refractivity contribution in [2.45, 2.75) is 19.3 Å². The Balaban J connectivity index is 1.95. The molecule has 2 aromatic rings. The van der Waals surface area contributed by atoms with Gasteiger partial charge < -0.3 is 10.6 Å². The summed E-state index contributed by atoms with van der Waals surface area (Å²) in [7, 11) is 2.00. The van der Waals surface area contributed by atoms with Crippen LogP contribution in [0.15, 0.2) is 30.6 Å². The summed E-state index contributed by atoms with van der Waals surface area (Å²) in [5, 5.41) is 7.42. The summed E-state index contributed by atoms with van der Waals surface area (Å²) in [6, 6.07) is 7.63. The van der Waals surface area contributed by atoms with Crippen molar-refractivity contribution in [1.82, 2.24) is 9.97 Å². The Labute approximate surface area is 118 Å². The number of aromatic nitrogens is 2. The Kier molecular flexibility index (Phi) is 3.10. The predicted octanol–water partition coefficient (Wildman–Crippen LogP) is 2.02. The van der Waals surface area contributed by atoms with Gasteiger partial charge >= 0.3 is 0 Å². The Morgan fingerprint density at radius 2 is 1.95 bits per heavy atom. The van der Waals surface area contributed by atoms with Gasteiger partial charge in [0.05, 0.1) is 0 Å². The maximum atomic E-state index is 7.42. The van der Waals surface area contributed by atoms with E-state index in [-0.39, 0.29) is 5.84 Å². The van der Waals surface area contributed by atoms with Crippen molar-refractivity contribution in [3.8, 4) is 0 Å². The molecule has 1 aromatic carbocycles. The standard InChI is InChI=1S/C15H17N5/c1-20(11-7-5-10(6-8-11)14(16)17)15-12-3-2-4-13(12)18-9-19-15/h5-9H,2-4H2,1H3,(H3,16,17). The number of anilines is 2. The smallest absolute Gasteiger partial charge is 0.139 e. The molecule has 0 aliphatic heterocycles. The topological polar surface area (TPSA) is 78.9 Å². The zero-order chi connectivity index (χ0) is 14.1. The van der Waals surface area contributed by atoms with Gasteiger partial charge in [-0.15, -0.1) is 0 Å². The van der Waals surface area contributed by atoms with E-state index in [9.17, 15) is 0 Å². The Morgan fingerprint density at radius 3 is 2.65 bits per heavy atom. The third kappa shape index (κ3) is 2.11. The second-order valence-electron chi connectivity index (χ2n) is 5.00. The van der Waals surface area contributed by atoms with Crippen LogP contribution in [0.2, 0.25) is 0 Å². The second-order valence-corrected chi connectivity index (χ2v) is 5.00. The van der Waals surface area contributed by atoms with Crippen LogP contribution >= 0.6 is 0 Å². The van der Waals surface area contributed by atoms with E-state index >= 15 is 0 Å². The van der Waals surface area contributed by atoms with Gasteiger partial charge in [-0.2, -0.15) is 0 Å². The molecule has 0 spiro atoms. The summed E-state index contributed by atoms with van der Waals surface area (Å²) in [4.78, 5) is 10.8. The van der Waals surface area contributed by atoms with E-state index in [2.05, 4.69) is 14.9 Å². The van der Waals surface area contributed by atoms with Crippen LogP contribution in [0.3, 0.4) is 0 Å². The molecule has 5 nitrogen and oxygen atoms in total. The normalized spacial score (nSPS) is 13.1. The van der Waals surface area contributed by atoms with Crippen molar-refractivity contribution < 1.29 is 0 Å². The summed E-state index contributed by atoms with van der Waals surface area (Å²) in [6.45, 7) is 0. The average molecular weight is 267 g/mol. The first-order chi connectivity index (χ1) is 9.66. The summed E-state index contributed by atoms with van der Waals surface area (Å²) in [5.74, 6) is 1.06. The van der Waals surface area contributed by atoms with Gasteiger partial charge in [-0.05, 0) is 43.5 Å². The van der Waals surface area contributed by atoms with Gasteiger partial charge in [-0.1, -0.05) is 0 Å². The lowest BCUT2D eigenvalue weighted by Gasteiger charge is -2.21. The largest absolute Gasteiger partial charge is 0.384 e. The van der Waals surface area contributed by atoms with Crippen molar-refractivity contribution in [1.29, 1.82) is 5.41 Å². The van der Waals surface area contributed by atoms with E-state index in [1.54, 1.807) is 6.33 Å². The molecule has 0 unspecified atom stereocenters. The van der Waals surface area contributed by atoms with E-state index in [4.69, 9.17) is 11.1 Å². The van der Waals surface area contributed by atoms with Gasteiger partial charge in [-0.25, -0.2) is 9.97 Å². The number of nitrogen functional groups attached to an aromatic ring is 1. The molecule has 0 fully saturated rings. The lowest BCUT2D eigenvalue weighted by molar-refractivity contribution is 0.899. The minimum atomic E-state index is 0.0853. The molecule has 1 aromatic heterocycles. The first kappa shape index (κ1) is 12.6. The van der Waals surface area contributed by atoms with Gasteiger partial charge in [0.15, 0.2) is 0 Å². The maximum absolute atomic E-state index is 7.42. The van der Waals surface area contributed by atoms with Crippen molar-refractivity contribution in [2.24, 2.45) is 5.73 Å². The van der Waals surface area contributed by atoms with Crippen LogP contribution in [0.25, 0.3) is 0 Å². The van der Waals surface area contributed by atoms with Crippen LogP contribution in [0, 0.1) is 5.41 Å². The van der Waals surface area contributed by atoms with Crippen molar-refractivity contribution >= 4 is 17.3 Å². The highest BCUT2D eigenvalue weighted by atomic mass is 15.2. The molecule has 102 valence electrons. The van der Waals surface area contributed by atoms with Crippen LogP contribution < -0.4 is 10.6 Å². The molecule has 0 saturated carbocycles. The van der Waals surface area contributed by atoms with Gasteiger partial charge in [0.25, 0.3) is 0 Å². The van der Waals surface area contributed by atoms with Crippen molar-refractivity contribution in [3.63, 3.8) is 0 Å². The van der Waals surface area contributed by atoms with E-state index < -0.39 is 0 Å². The number of hydrogen-bond acceptors (Lipinski definition) is 4. The number of hydrogen-bond donors (Lipinski definition) is 2. The Morgan fingerprint density at radius 1 is 1.20 bits per heavy atom. The molecule has 0 amide bonds. The number of amidine groups is 1. The Hall–Kier alpha value is -2.43. The zero-order valence-corrected chi connectivity index (χ0v) is 11.4. The number of fused-ring (bicyclic) bond motifs is 1. The highest BCUT2D eigenvalue weighted by molar-refractivity contribution is 5.95. The molecule has 1 heterocycles. The molecule has 0 saturated heterocycles. The summed E-state index contributed by atoms with van der Waals surface area (Å²) in [6.07, 6.45) is 4.88. The van der Waals surface area contributed by atoms with E-state index in [1.807, 2.05) is 31.3 Å². The number of nitrogens with zero attached hydrogens (tertiary/aromatic N) is 3. The molecule has 1 aliphatic carbocycles. The Bertz CT molecular complexity index is 648. The molecule has 0 bridgehead atoms. The first-order valence-corrected chi connectivity index (χ1v) is 6.68. The lowest BCUT2D eigenvalue weighted by Crippen LogP contribution is -2.15. The molecule has 20 heavy (non-hydrogen) atoms. The monoisotopic (exact) mass is 267 g/mol. The average Bonchev–Trinajstić information content (AvgIpc) is 2.95. The van der Waals surface area contributed by atoms with E-state index in [0.29, 0.717) is 0 Å². The number of rotatable bonds is 3. The molecule has 3 N–H and O–H groups in total. The van der Waals surface area contributed by atoms with Gasteiger partial charge in [0, 0.05) is 29.6 Å². The minimum Gasteiger partial charge on any atom is -0.384 e. The van der Waals surface area contributed by atoms with Crippen LogP contribution in [-0.2, 0) is 12.8 Å². The molecule has 5 heteroatoms. The van der Waals surface area contributed by atoms with Gasteiger partial charge in [0.2, 0.25) is 0 Å². The summed E-state index contributed by atoms with van der Waals surface area (Å²) < 4.78 is 0. The molecule has 3 rings (SSSR count). The predicted molar refractivity (Wildman–Crippen MR) is 79.6 cm³/mol. The zero-order valence-electron chi connectivity index (χ0n) is 11.4. The van der Waals surface area contributed by atoms with Crippen LogP contribution in [0.4, 0.5) is 11.5 Å². The minimum absolute atomic E-state index is 0.0853. The third-order valence-corrected chi connectivity index (χ3v) is 3.74. The van der Waals surface area contributed by atoms with Crippen LogP contribution in [0.5, 0.6) is 0 Å². The van der Waals surface area contributed by atoms with E-state index in [0.717, 1.165) is 36.3 Å². The summed E-state index contributed by atoms with van der Waals surface area (Å²) >= 11 is 0. The number of benzene rings is 1. The highest BCUT2D eigenvalue weighted by Crippen LogP contribution is 2.31. The fraction of sp³-hybridized carbons (Fsp3) is 0.267. The molecular formula is C15H17N5. The SMILES string of the molecule is CN(c1ccc(C(=N)N)cc1)c1ncnc2c1CCC2. The number of nitrogens with two attached hydrogens (primary N) is 1. The van der Waals surface area contributed by atoms with E-state index in [1.165, 1.54) is 11.3 Å². The first-order valence-electron chi connectivity index (χ1n) is 6.68. The van der Waals surface area contributed by atoms with Crippen molar-refractivity contribution in [2.75, 3.05) is 11.9 Å². The van der Waals surface area contributed by atoms with Gasteiger partial charge in [0.1, 0.15) is 18.0 Å². The third-order valence-electron chi connectivity index (χ3n) is 3.74. The lowest BCUT2D eigenvalue weighted by atomic mass is 10.1. The summed E-state index contributed by atoms with van der Waals surface area (Å²) in [5.41, 5.74) is 9.66. The fourth-order valence-electron chi connectivity index (χ4n) is 2.62. The molecule has 0 atom stereocenters. The quantitative estimate of drug-likeness (QED) is 0.658. The number of aryl methyl sites for hydroxylation is 1.